The van der Waals surface area contributed by atoms with E-state index in [1.54, 1.807) is 12.4 Å². The Kier molecular flexibility index (Phi) is 10.9. The molecular weight excluding hydrogens is 460 g/mol. The average molecular weight is 507 g/mol. The SMILES string of the molecule is CN1CCC(CCCc2cnccn2)CC1.O=C(O)C(C1CCCCC1)N1CCC(c2ccccc2)C1. The molecule has 3 aliphatic rings. The first-order chi connectivity index (χ1) is 18.1. The summed E-state index contributed by atoms with van der Waals surface area (Å²) >= 11 is 0. The van der Waals surface area contributed by atoms with Crippen molar-refractivity contribution in [1.29, 1.82) is 0 Å². The van der Waals surface area contributed by atoms with Crippen molar-refractivity contribution in [3.8, 4) is 0 Å². The molecule has 1 aliphatic carbocycles. The topological polar surface area (TPSA) is 69.6 Å². The van der Waals surface area contributed by atoms with Crippen molar-refractivity contribution in [3.63, 3.8) is 0 Å². The summed E-state index contributed by atoms with van der Waals surface area (Å²) in [6.07, 6.45) is 18.8. The minimum atomic E-state index is -0.615. The third kappa shape index (κ3) is 8.61. The first-order valence-corrected chi connectivity index (χ1v) is 14.6. The largest absolute Gasteiger partial charge is 0.480 e. The number of aliphatic carboxylic acids is 1. The van der Waals surface area contributed by atoms with Gasteiger partial charge < -0.3 is 10.0 Å². The van der Waals surface area contributed by atoms with Gasteiger partial charge in [0.15, 0.2) is 0 Å². The van der Waals surface area contributed by atoms with Gasteiger partial charge >= 0.3 is 5.97 Å². The fraction of sp³-hybridized carbons (Fsp3) is 0.645. The van der Waals surface area contributed by atoms with Gasteiger partial charge in [0.05, 0.1) is 5.69 Å². The molecule has 6 nitrogen and oxygen atoms in total. The number of benzene rings is 1. The van der Waals surface area contributed by atoms with E-state index < -0.39 is 5.97 Å². The lowest BCUT2D eigenvalue weighted by Gasteiger charge is -2.33. The van der Waals surface area contributed by atoms with Crippen LogP contribution in [0.5, 0.6) is 0 Å². The lowest BCUT2D eigenvalue weighted by Crippen LogP contribution is -2.45. The summed E-state index contributed by atoms with van der Waals surface area (Å²) in [7, 11) is 2.22. The number of aryl methyl sites for hydroxylation is 1. The number of rotatable bonds is 8. The van der Waals surface area contributed by atoms with E-state index in [0.717, 1.165) is 50.4 Å². The standard InChI is InChI=1S/C18H25NO2.C13H21N3/c20-18(21)17(15-9-5-2-6-10-15)19-12-11-16(13-19)14-7-3-1-4-8-14;1-16-9-5-12(6-10-16)3-2-4-13-11-14-7-8-15-13/h1,3-4,7-8,15-17H,2,5-6,9-13H2,(H,20,21);7-8,11-12H,2-6,9-10H2,1H3. The number of nitrogens with zero attached hydrogens (tertiary/aromatic N) is 4. The summed E-state index contributed by atoms with van der Waals surface area (Å²) in [4.78, 5) is 24.8. The summed E-state index contributed by atoms with van der Waals surface area (Å²) in [5.74, 6) is 1.17. The van der Waals surface area contributed by atoms with Gasteiger partial charge in [-0.25, -0.2) is 0 Å². The summed E-state index contributed by atoms with van der Waals surface area (Å²) in [5, 5.41) is 9.70. The highest BCUT2D eigenvalue weighted by molar-refractivity contribution is 5.74. The molecule has 6 heteroatoms. The van der Waals surface area contributed by atoms with Crippen molar-refractivity contribution < 1.29 is 9.90 Å². The van der Waals surface area contributed by atoms with Gasteiger partial charge in [0.25, 0.3) is 0 Å². The summed E-state index contributed by atoms with van der Waals surface area (Å²) in [5.41, 5.74) is 2.49. The molecule has 1 aromatic carbocycles. The lowest BCUT2D eigenvalue weighted by atomic mass is 9.83. The second-order valence-electron chi connectivity index (χ2n) is 11.4. The zero-order valence-corrected chi connectivity index (χ0v) is 22.7. The minimum Gasteiger partial charge on any atom is -0.480 e. The number of likely N-dealkylation sites (tertiary alicyclic amines) is 2. The van der Waals surface area contributed by atoms with Crippen LogP contribution in [0, 0.1) is 11.8 Å². The molecule has 2 saturated heterocycles. The Labute approximate surface area is 223 Å². The Bertz CT molecular complexity index is 911. The van der Waals surface area contributed by atoms with Crippen LogP contribution >= 0.6 is 0 Å². The van der Waals surface area contributed by atoms with Crippen molar-refractivity contribution in [3.05, 3.63) is 60.2 Å². The third-order valence-electron chi connectivity index (χ3n) is 8.73. The second-order valence-corrected chi connectivity index (χ2v) is 11.4. The molecule has 37 heavy (non-hydrogen) atoms. The number of aromatic nitrogens is 2. The van der Waals surface area contributed by atoms with E-state index in [0.29, 0.717) is 11.8 Å². The van der Waals surface area contributed by atoms with Crippen LogP contribution in [0.1, 0.15) is 81.4 Å². The lowest BCUT2D eigenvalue weighted by molar-refractivity contribution is -0.145. The normalized spacial score (nSPS) is 22.8. The first kappa shape index (κ1) is 27.7. The van der Waals surface area contributed by atoms with Crippen LogP contribution in [0.3, 0.4) is 0 Å². The van der Waals surface area contributed by atoms with Crippen LogP contribution in [-0.4, -0.2) is 70.1 Å². The highest BCUT2D eigenvalue weighted by Gasteiger charge is 2.38. The predicted molar refractivity (Wildman–Crippen MR) is 149 cm³/mol. The molecule has 0 bridgehead atoms. The molecule has 2 atom stereocenters. The minimum absolute atomic E-state index is 0.265. The third-order valence-corrected chi connectivity index (χ3v) is 8.73. The Morgan fingerprint density at radius 3 is 2.43 bits per heavy atom. The van der Waals surface area contributed by atoms with E-state index >= 15 is 0 Å². The van der Waals surface area contributed by atoms with Crippen LogP contribution in [0.25, 0.3) is 0 Å². The van der Waals surface area contributed by atoms with Crippen molar-refractivity contribution in [2.45, 2.75) is 82.6 Å². The van der Waals surface area contributed by atoms with Crippen LogP contribution in [0.15, 0.2) is 48.9 Å². The molecule has 1 aromatic heterocycles. The Hall–Kier alpha value is -2.31. The summed E-state index contributed by atoms with van der Waals surface area (Å²) in [6, 6.07) is 10.3. The van der Waals surface area contributed by atoms with E-state index in [1.807, 2.05) is 12.3 Å². The Balaban J connectivity index is 0.000000180. The number of hydrogen-bond donors (Lipinski definition) is 1. The first-order valence-electron chi connectivity index (χ1n) is 14.6. The molecule has 1 N–H and O–H groups in total. The second kappa shape index (κ2) is 14.6. The smallest absolute Gasteiger partial charge is 0.321 e. The van der Waals surface area contributed by atoms with Gasteiger partial charge in [-0.15, -0.1) is 0 Å². The van der Waals surface area contributed by atoms with Gasteiger partial charge in [-0.05, 0) is 101 Å². The molecule has 0 radical (unpaired) electrons. The molecule has 2 aliphatic heterocycles. The molecule has 5 rings (SSSR count). The van der Waals surface area contributed by atoms with Crippen molar-refractivity contribution in [2.24, 2.45) is 11.8 Å². The van der Waals surface area contributed by atoms with Crippen molar-refractivity contribution >= 4 is 5.97 Å². The molecule has 3 heterocycles. The molecular formula is C31H46N4O2. The van der Waals surface area contributed by atoms with E-state index in [1.165, 1.54) is 63.6 Å². The number of carboxylic acids is 1. The van der Waals surface area contributed by atoms with E-state index in [4.69, 9.17) is 0 Å². The van der Waals surface area contributed by atoms with E-state index in [9.17, 15) is 9.90 Å². The van der Waals surface area contributed by atoms with Crippen LogP contribution < -0.4 is 0 Å². The summed E-state index contributed by atoms with van der Waals surface area (Å²) in [6.45, 7) is 4.37. The predicted octanol–water partition coefficient (Wildman–Crippen LogP) is 5.65. The highest BCUT2D eigenvalue weighted by Crippen LogP contribution is 2.34. The Morgan fingerprint density at radius 2 is 1.76 bits per heavy atom. The molecule has 0 spiro atoms. The zero-order valence-electron chi connectivity index (χ0n) is 22.7. The maximum Gasteiger partial charge on any atom is 0.321 e. The molecule has 1 saturated carbocycles. The fourth-order valence-electron chi connectivity index (χ4n) is 6.52. The van der Waals surface area contributed by atoms with Gasteiger partial charge in [0, 0.05) is 25.1 Å². The number of hydrogen-bond acceptors (Lipinski definition) is 5. The van der Waals surface area contributed by atoms with Crippen LogP contribution in [-0.2, 0) is 11.2 Å². The van der Waals surface area contributed by atoms with E-state index in [-0.39, 0.29) is 6.04 Å². The van der Waals surface area contributed by atoms with Gasteiger partial charge in [0.2, 0.25) is 0 Å². The van der Waals surface area contributed by atoms with Crippen molar-refractivity contribution in [1.82, 2.24) is 19.8 Å². The quantitative estimate of drug-likeness (QED) is 0.499. The molecule has 0 amide bonds. The highest BCUT2D eigenvalue weighted by atomic mass is 16.4. The van der Waals surface area contributed by atoms with Gasteiger partial charge in [-0.2, -0.15) is 0 Å². The number of carboxylic acid groups (broad SMARTS) is 1. The maximum atomic E-state index is 11.8. The summed E-state index contributed by atoms with van der Waals surface area (Å²) < 4.78 is 0. The van der Waals surface area contributed by atoms with Crippen molar-refractivity contribution in [2.75, 3.05) is 33.2 Å². The number of piperidine rings is 1. The van der Waals surface area contributed by atoms with Gasteiger partial charge in [0.1, 0.15) is 6.04 Å². The monoisotopic (exact) mass is 506 g/mol. The molecule has 2 aromatic rings. The van der Waals surface area contributed by atoms with Gasteiger partial charge in [-0.3, -0.25) is 19.7 Å². The molecule has 2 unspecified atom stereocenters. The molecule has 3 fully saturated rings. The molecule has 202 valence electrons. The maximum absolute atomic E-state index is 11.8. The zero-order chi connectivity index (χ0) is 25.9. The Morgan fingerprint density at radius 1 is 1.00 bits per heavy atom. The van der Waals surface area contributed by atoms with Crippen LogP contribution in [0.2, 0.25) is 0 Å². The fourth-order valence-corrected chi connectivity index (χ4v) is 6.52. The van der Waals surface area contributed by atoms with Gasteiger partial charge in [-0.1, -0.05) is 49.6 Å². The number of carbonyl (C=O) groups is 1. The average Bonchev–Trinajstić information content (AvgIpc) is 3.41. The van der Waals surface area contributed by atoms with Crippen LogP contribution in [0.4, 0.5) is 0 Å². The van der Waals surface area contributed by atoms with E-state index in [2.05, 4.69) is 51.1 Å².